The Morgan fingerprint density at radius 2 is 1.96 bits per heavy atom. The minimum absolute atomic E-state index is 0.162. The molecule has 0 bridgehead atoms. The molecule has 1 heterocycles. The molecule has 124 valence electrons. The zero-order chi connectivity index (χ0) is 17.7. The Bertz CT molecular complexity index is 756. The van der Waals surface area contributed by atoms with Crippen LogP contribution < -0.4 is 5.32 Å². The molecule has 1 unspecified atom stereocenters. The number of amides is 3. The summed E-state index contributed by atoms with van der Waals surface area (Å²) in [6.45, 7) is 4.70. The van der Waals surface area contributed by atoms with Crippen LogP contribution in [0.25, 0.3) is 0 Å². The van der Waals surface area contributed by atoms with Crippen molar-refractivity contribution in [1.29, 1.82) is 0 Å². The average molecular weight is 326 g/mol. The van der Waals surface area contributed by atoms with E-state index < -0.39 is 23.9 Å². The van der Waals surface area contributed by atoms with Gasteiger partial charge in [-0.25, -0.2) is 14.5 Å². The summed E-state index contributed by atoms with van der Waals surface area (Å²) in [6.07, 6.45) is 0. The van der Waals surface area contributed by atoms with E-state index in [0.717, 1.165) is 4.90 Å². The van der Waals surface area contributed by atoms with E-state index in [1.165, 1.54) is 6.92 Å². The van der Waals surface area contributed by atoms with Crippen molar-refractivity contribution < 1.29 is 19.1 Å². The number of rotatable bonds is 2. The monoisotopic (exact) mass is 326 g/mol. The summed E-state index contributed by atoms with van der Waals surface area (Å²) in [5.41, 5.74) is 1.21. The van der Waals surface area contributed by atoms with Crippen molar-refractivity contribution in [3.05, 3.63) is 47.2 Å². The number of ether oxygens (including phenoxy) is 1. The summed E-state index contributed by atoms with van der Waals surface area (Å²) in [7, 11) is 0. The zero-order valence-electron chi connectivity index (χ0n) is 13.8. The fourth-order valence-corrected chi connectivity index (χ4v) is 2.35. The molecular weight excluding hydrogens is 308 g/mol. The van der Waals surface area contributed by atoms with Crippen LogP contribution in [-0.2, 0) is 14.3 Å². The Morgan fingerprint density at radius 1 is 1.29 bits per heavy atom. The molecule has 0 spiro atoms. The highest BCUT2D eigenvalue weighted by atomic mass is 16.5. The second kappa shape index (κ2) is 7.47. The average Bonchev–Trinajstić information content (AvgIpc) is 2.53. The second-order valence-corrected chi connectivity index (χ2v) is 5.12. The van der Waals surface area contributed by atoms with E-state index in [1.807, 2.05) is 18.2 Å². The van der Waals surface area contributed by atoms with Gasteiger partial charge in [0.05, 0.1) is 12.2 Å². The highest BCUT2D eigenvalue weighted by Crippen LogP contribution is 2.21. The highest BCUT2D eigenvalue weighted by Gasteiger charge is 2.38. The lowest BCUT2D eigenvalue weighted by Gasteiger charge is -2.32. The van der Waals surface area contributed by atoms with Crippen LogP contribution in [0.3, 0.4) is 0 Å². The fourth-order valence-electron chi connectivity index (χ4n) is 2.35. The first-order chi connectivity index (χ1) is 11.5. The van der Waals surface area contributed by atoms with Gasteiger partial charge >= 0.3 is 12.0 Å². The highest BCUT2D eigenvalue weighted by molar-refractivity contribution is 6.02. The number of benzene rings is 1. The SMILES string of the molecule is CCOC(=O)C1=C(C)NC(=O)N(C(C)=O)C1C#Cc1ccccc1. The lowest BCUT2D eigenvalue weighted by atomic mass is 10.0. The van der Waals surface area contributed by atoms with Gasteiger partial charge in [0.25, 0.3) is 0 Å². The van der Waals surface area contributed by atoms with Gasteiger partial charge < -0.3 is 10.1 Å². The molecule has 0 fully saturated rings. The third-order valence-corrected chi connectivity index (χ3v) is 3.41. The van der Waals surface area contributed by atoms with E-state index in [1.54, 1.807) is 26.0 Å². The van der Waals surface area contributed by atoms with E-state index in [-0.39, 0.29) is 12.2 Å². The number of hydrogen-bond acceptors (Lipinski definition) is 4. The molecule has 2 rings (SSSR count). The normalized spacial score (nSPS) is 16.9. The van der Waals surface area contributed by atoms with Crippen molar-refractivity contribution in [2.45, 2.75) is 26.8 Å². The maximum absolute atomic E-state index is 12.3. The predicted molar refractivity (Wildman–Crippen MR) is 87.5 cm³/mol. The maximum atomic E-state index is 12.3. The zero-order valence-corrected chi connectivity index (χ0v) is 13.8. The number of nitrogens with one attached hydrogen (secondary N) is 1. The van der Waals surface area contributed by atoms with Gasteiger partial charge in [0.1, 0.15) is 6.04 Å². The van der Waals surface area contributed by atoms with Crippen LogP contribution in [0.1, 0.15) is 26.3 Å². The number of esters is 1. The van der Waals surface area contributed by atoms with Crippen LogP contribution >= 0.6 is 0 Å². The Hall–Kier alpha value is -3.07. The predicted octanol–water partition coefficient (Wildman–Crippen LogP) is 1.82. The fraction of sp³-hybridized carbons (Fsp3) is 0.278. The van der Waals surface area contributed by atoms with Gasteiger partial charge in [0, 0.05) is 18.2 Å². The Balaban J connectivity index is 2.51. The first-order valence-corrected chi connectivity index (χ1v) is 7.51. The molecule has 1 aromatic carbocycles. The molecule has 0 radical (unpaired) electrons. The topological polar surface area (TPSA) is 75.7 Å². The lowest BCUT2D eigenvalue weighted by molar-refractivity contribution is -0.139. The summed E-state index contributed by atoms with van der Waals surface area (Å²) >= 11 is 0. The van der Waals surface area contributed by atoms with Gasteiger partial charge in [-0.05, 0) is 26.0 Å². The molecule has 0 aromatic heterocycles. The Labute approximate surface area is 140 Å². The molecule has 24 heavy (non-hydrogen) atoms. The quantitative estimate of drug-likeness (QED) is 0.664. The van der Waals surface area contributed by atoms with Gasteiger partial charge in [0.2, 0.25) is 5.91 Å². The molecule has 6 nitrogen and oxygen atoms in total. The molecule has 1 atom stereocenters. The van der Waals surface area contributed by atoms with E-state index in [9.17, 15) is 14.4 Å². The molecule has 3 amide bonds. The number of urea groups is 1. The van der Waals surface area contributed by atoms with Crippen LogP contribution in [0.5, 0.6) is 0 Å². The van der Waals surface area contributed by atoms with Gasteiger partial charge in [0.15, 0.2) is 0 Å². The van der Waals surface area contributed by atoms with Crippen LogP contribution in [0.4, 0.5) is 4.79 Å². The van der Waals surface area contributed by atoms with Crippen LogP contribution in [0.15, 0.2) is 41.6 Å². The molecule has 0 saturated heterocycles. The number of nitrogens with zero attached hydrogens (tertiary/aromatic N) is 1. The summed E-state index contributed by atoms with van der Waals surface area (Å²) < 4.78 is 5.04. The summed E-state index contributed by atoms with van der Waals surface area (Å²) in [5, 5.41) is 2.51. The maximum Gasteiger partial charge on any atom is 0.338 e. The van der Waals surface area contributed by atoms with Gasteiger partial charge in [-0.15, -0.1) is 0 Å². The number of hydrogen-bond donors (Lipinski definition) is 1. The molecular formula is C18H18N2O4. The van der Waals surface area contributed by atoms with E-state index in [2.05, 4.69) is 17.2 Å². The minimum Gasteiger partial charge on any atom is -0.462 e. The minimum atomic E-state index is -0.990. The van der Waals surface area contributed by atoms with Gasteiger partial charge in [-0.1, -0.05) is 30.0 Å². The third-order valence-electron chi connectivity index (χ3n) is 3.41. The standard InChI is InChI=1S/C18H18N2O4/c1-4-24-17(22)16-12(2)19-18(23)20(13(3)21)15(16)11-10-14-8-6-5-7-9-14/h5-9,15H,4H2,1-3H3,(H,19,23). The first kappa shape index (κ1) is 17.3. The van der Waals surface area contributed by atoms with Crippen molar-refractivity contribution in [2.24, 2.45) is 0 Å². The summed E-state index contributed by atoms with van der Waals surface area (Å²) in [6, 6.07) is 7.51. The van der Waals surface area contributed by atoms with Crippen molar-refractivity contribution in [2.75, 3.05) is 6.61 Å². The largest absolute Gasteiger partial charge is 0.462 e. The van der Waals surface area contributed by atoms with Crippen molar-refractivity contribution in [1.82, 2.24) is 10.2 Å². The molecule has 0 saturated carbocycles. The van der Waals surface area contributed by atoms with Crippen LogP contribution in [0, 0.1) is 11.8 Å². The van der Waals surface area contributed by atoms with Gasteiger partial charge in [-0.3, -0.25) is 4.79 Å². The third kappa shape index (κ3) is 3.63. The molecule has 1 aliphatic heterocycles. The lowest BCUT2D eigenvalue weighted by Crippen LogP contribution is -2.54. The number of carbonyl (C=O) groups excluding carboxylic acids is 3. The summed E-state index contributed by atoms with van der Waals surface area (Å²) in [4.78, 5) is 37.2. The Morgan fingerprint density at radius 3 is 2.54 bits per heavy atom. The smallest absolute Gasteiger partial charge is 0.338 e. The van der Waals surface area contributed by atoms with Crippen LogP contribution in [-0.4, -0.2) is 35.5 Å². The first-order valence-electron chi connectivity index (χ1n) is 7.51. The molecule has 1 N–H and O–H groups in total. The number of imide groups is 1. The second-order valence-electron chi connectivity index (χ2n) is 5.12. The van der Waals surface area contributed by atoms with Gasteiger partial charge in [-0.2, -0.15) is 0 Å². The van der Waals surface area contributed by atoms with E-state index in [0.29, 0.717) is 11.3 Å². The molecule has 0 aliphatic carbocycles. The number of carbonyl (C=O) groups is 3. The van der Waals surface area contributed by atoms with Crippen molar-refractivity contribution in [3.63, 3.8) is 0 Å². The summed E-state index contributed by atoms with van der Waals surface area (Å²) in [5.74, 6) is 4.65. The Kier molecular flexibility index (Phi) is 5.38. The van der Waals surface area contributed by atoms with E-state index >= 15 is 0 Å². The molecule has 1 aliphatic rings. The van der Waals surface area contributed by atoms with Crippen molar-refractivity contribution in [3.8, 4) is 11.8 Å². The van der Waals surface area contributed by atoms with Crippen molar-refractivity contribution >= 4 is 17.9 Å². The molecule has 1 aromatic rings. The van der Waals surface area contributed by atoms with E-state index in [4.69, 9.17) is 4.74 Å². The molecule has 6 heteroatoms. The number of allylic oxidation sites excluding steroid dienone is 1. The van der Waals surface area contributed by atoms with Crippen LogP contribution in [0.2, 0.25) is 0 Å².